The summed E-state index contributed by atoms with van der Waals surface area (Å²) in [7, 11) is 1.59. The lowest BCUT2D eigenvalue weighted by Gasteiger charge is -2.11. The first-order chi connectivity index (χ1) is 9.78. The molecule has 0 saturated carbocycles. The van der Waals surface area contributed by atoms with Crippen molar-refractivity contribution in [1.82, 2.24) is 0 Å². The number of rotatable bonds is 4. The number of hydrogen-bond donors (Lipinski definition) is 1. The second kappa shape index (κ2) is 6.26. The molecule has 0 aliphatic rings. The van der Waals surface area contributed by atoms with Crippen LogP contribution in [0.3, 0.4) is 0 Å². The van der Waals surface area contributed by atoms with Gasteiger partial charge in [0.2, 0.25) is 0 Å². The van der Waals surface area contributed by atoms with Crippen molar-refractivity contribution in [2.45, 2.75) is 6.54 Å². The second-order valence-corrected chi connectivity index (χ2v) is 4.15. The zero-order chi connectivity index (χ0) is 14.4. The average molecular weight is 263 g/mol. The molecule has 20 heavy (non-hydrogen) atoms. The molecule has 0 fully saturated rings. The van der Waals surface area contributed by atoms with Crippen molar-refractivity contribution in [1.29, 1.82) is 10.5 Å². The van der Waals surface area contributed by atoms with E-state index in [1.807, 2.05) is 18.2 Å². The Kier molecular flexibility index (Phi) is 4.21. The Hall–Kier alpha value is -2.98. The van der Waals surface area contributed by atoms with Crippen molar-refractivity contribution in [3.8, 4) is 17.9 Å². The van der Waals surface area contributed by atoms with E-state index in [1.165, 1.54) is 0 Å². The zero-order valence-corrected chi connectivity index (χ0v) is 11.1. The quantitative estimate of drug-likeness (QED) is 0.920. The van der Waals surface area contributed by atoms with E-state index in [1.54, 1.807) is 31.4 Å². The summed E-state index contributed by atoms with van der Waals surface area (Å²) in [6.45, 7) is 0.484. The molecule has 0 saturated heterocycles. The highest BCUT2D eigenvalue weighted by molar-refractivity contribution is 5.57. The van der Waals surface area contributed by atoms with Gasteiger partial charge in [-0.3, -0.25) is 0 Å². The molecule has 2 aromatic rings. The Labute approximate surface area is 117 Å². The van der Waals surface area contributed by atoms with Crippen LogP contribution in [0.5, 0.6) is 5.75 Å². The largest absolute Gasteiger partial charge is 0.496 e. The summed E-state index contributed by atoms with van der Waals surface area (Å²) in [5.41, 5.74) is 2.80. The monoisotopic (exact) mass is 263 g/mol. The lowest BCUT2D eigenvalue weighted by molar-refractivity contribution is 0.410. The molecule has 0 aliphatic heterocycles. The van der Waals surface area contributed by atoms with Crippen molar-refractivity contribution in [2.75, 3.05) is 12.4 Å². The number of para-hydroxylation sites is 1. The van der Waals surface area contributed by atoms with Crippen molar-refractivity contribution >= 4 is 5.69 Å². The molecule has 2 aromatic carbocycles. The summed E-state index contributed by atoms with van der Waals surface area (Å²) >= 11 is 0. The maximum Gasteiger partial charge on any atom is 0.123 e. The molecule has 1 N–H and O–H groups in total. The number of nitrogens with zero attached hydrogens (tertiary/aromatic N) is 2. The van der Waals surface area contributed by atoms with Crippen LogP contribution in [0.2, 0.25) is 0 Å². The lowest BCUT2D eigenvalue weighted by Crippen LogP contribution is -2.03. The predicted octanol–water partition coefficient (Wildman–Crippen LogP) is 3.05. The molecule has 0 spiro atoms. The number of ether oxygens (including phenoxy) is 1. The number of anilines is 1. The first-order valence-electron chi connectivity index (χ1n) is 6.08. The smallest absolute Gasteiger partial charge is 0.123 e. The van der Waals surface area contributed by atoms with Crippen molar-refractivity contribution in [3.63, 3.8) is 0 Å². The number of methoxy groups -OCH3 is 1. The normalized spacial score (nSPS) is 9.35. The summed E-state index contributed by atoms with van der Waals surface area (Å²) in [5.74, 6) is 0.714. The van der Waals surface area contributed by atoms with Gasteiger partial charge in [-0.05, 0) is 30.3 Å². The van der Waals surface area contributed by atoms with Crippen LogP contribution in [0, 0.1) is 22.7 Å². The molecule has 0 atom stereocenters. The van der Waals surface area contributed by atoms with Crippen LogP contribution in [0.4, 0.5) is 5.69 Å². The van der Waals surface area contributed by atoms with Gasteiger partial charge in [-0.15, -0.1) is 0 Å². The first kappa shape index (κ1) is 13.5. The number of hydrogen-bond acceptors (Lipinski definition) is 4. The van der Waals surface area contributed by atoms with Gasteiger partial charge < -0.3 is 10.1 Å². The Balaban J connectivity index is 2.23. The zero-order valence-electron chi connectivity index (χ0n) is 11.1. The van der Waals surface area contributed by atoms with Crippen LogP contribution < -0.4 is 10.1 Å². The second-order valence-electron chi connectivity index (χ2n) is 4.15. The fourth-order valence-corrected chi connectivity index (χ4v) is 1.91. The molecule has 0 aliphatic carbocycles. The van der Waals surface area contributed by atoms with Crippen LogP contribution in [0.15, 0.2) is 42.5 Å². The van der Waals surface area contributed by atoms with Crippen LogP contribution in [0.25, 0.3) is 0 Å². The molecule has 0 heterocycles. The highest BCUT2D eigenvalue weighted by Crippen LogP contribution is 2.22. The molecule has 0 unspecified atom stereocenters. The van der Waals surface area contributed by atoms with E-state index in [0.29, 0.717) is 23.4 Å². The fraction of sp³-hybridized carbons (Fsp3) is 0.125. The molecule has 4 heteroatoms. The van der Waals surface area contributed by atoms with Gasteiger partial charge in [-0.2, -0.15) is 10.5 Å². The van der Waals surface area contributed by atoms with E-state index < -0.39 is 0 Å². The standard InChI is InChI=1S/C16H13N3O/c1-20-16-7-6-12(9-17)8-14(16)11-19-15-5-3-2-4-13(15)10-18/h2-8,19H,11H2,1H3. The van der Waals surface area contributed by atoms with Crippen LogP contribution in [-0.4, -0.2) is 7.11 Å². The summed E-state index contributed by atoms with van der Waals surface area (Å²) in [6.07, 6.45) is 0. The molecular formula is C16H13N3O. The number of nitrogens with one attached hydrogen (secondary N) is 1. The van der Waals surface area contributed by atoms with Gasteiger partial charge in [-0.1, -0.05) is 12.1 Å². The van der Waals surface area contributed by atoms with Gasteiger partial charge in [0.1, 0.15) is 11.8 Å². The Morgan fingerprint density at radius 3 is 2.60 bits per heavy atom. The third-order valence-electron chi connectivity index (χ3n) is 2.93. The van der Waals surface area contributed by atoms with Crippen LogP contribution >= 0.6 is 0 Å². The minimum Gasteiger partial charge on any atom is -0.496 e. The topological polar surface area (TPSA) is 68.8 Å². The SMILES string of the molecule is COc1ccc(C#N)cc1CNc1ccccc1C#N. The molecule has 0 radical (unpaired) electrons. The van der Waals surface area contributed by atoms with Crippen molar-refractivity contribution in [2.24, 2.45) is 0 Å². The Morgan fingerprint density at radius 1 is 1.10 bits per heavy atom. The van der Waals surface area contributed by atoms with Gasteiger partial charge in [0.05, 0.1) is 30.0 Å². The fourth-order valence-electron chi connectivity index (χ4n) is 1.91. The molecular weight excluding hydrogens is 250 g/mol. The highest BCUT2D eigenvalue weighted by Gasteiger charge is 2.06. The molecule has 4 nitrogen and oxygen atoms in total. The Bertz CT molecular complexity index is 696. The van der Waals surface area contributed by atoms with E-state index in [9.17, 15) is 0 Å². The highest BCUT2D eigenvalue weighted by atomic mass is 16.5. The Morgan fingerprint density at radius 2 is 1.90 bits per heavy atom. The minimum atomic E-state index is 0.484. The third-order valence-corrected chi connectivity index (χ3v) is 2.93. The third kappa shape index (κ3) is 2.88. The summed E-state index contributed by atoms with van der Waals surface area (Å²) < 4.78 is 5.28. The first-order valence-corrected chi connectivity index (χ1v) is 6.08. The molecule has 0 bridgehead atoms. The summed E-state index contributed by atoms with van der Waals surface area (Å²) in [5, 5.41) is 21.2. The number of nitriles is 2. The number of benzene rings is 2. The predicted molar refractivity (Wildman–Crippen MR) is 76.2 cm³/mol. The van der Waals surface area contributed by atoms with E-state index >= 15 is 0 Å². The average Bonchev–Trinajstić information content (AvgIpc) is 2.52. The van der Waals surface area contributed by atoms with Gasteiger partial charge >= 0.3 is 0 Å². The van der Waals surface area contributed by atoms with Crippen LogP contribution in [-0.2, 0) is 6.54 Å². The maximum absolute atomic E-state index is 9.04. The molecule has 0 amide bonds. The van der Waals surface area contributed by atoms with Gasteiger partial charge in [0.15, 0.2) is 0 Å². The minimum absolute atomic E-state index is 0.484. The molecule has 2 rings (SSSR count). The van der Waals surface area contributed by atoms with Gasteiger partial charge in [0.25, 0.3) is 0 Å². The van der Waals surface area contributed by atoms with E-state index in [0.717, 1.165) is 11.3 Å². The summed E-state index contributed by atoms with van der Waals surface area (Å²) in [6, 6.07) is 16.8. The van der Waals surface area contributed by atoms with Gasteiger partial charge in [-0.25, -0.2) is 0 Å². The van der Waals surface area contributed by atoms with Gasteiger partial charge in [0, 0.05) is 12.1 Å². The van der Waals surface area contributed by atoms with Crippen LogP contribution in [0.1, 0.15) is 16.7 Å². The lowest BCUT2D eigenvalue weighted by atomic mass is 10.1. The summed E-state index contributed by atoms with van der Waals surface area (Å²) in [4.78, 5) is 0. The van der Waals surface area contributed by atoms with E-state index in [2.05, 4.69) is 17.5 Å². The van der Waals surface area contributed by atoms with E-state index in [-0.39, 0.29) is 0 Å². The van der Waals surface area contributed by atoms with Crippen molar-refractivity contribution < 1.29 is 4.74 Å². The molecule has 98 valence electrons. The maximum atomic E-state index is 9.04. The van der Waals surface area contributed by atoms with E-state index in [4.69, 9.17) is 15.3 Å². The van der Waals surface area contributed by atoms with Crippen molar-refractivity contribution in [3.05, 3.63) is 59.2 Å². The molecule has 0 aromatic heterocycles.